The van der Waals surface area contributed by atoms with Crippen molar-refractivity contribution >= 4 is 5.97 Å². The summed E-state index contributed by atoms with van der Waals surface area (Å²) in [6.07, 6.45) is 1.06. The number of carboxylic acids is 1. The summed E-state index contributed by atoms with van der Waals surface area (Å²) >= 11 is 0. The normalized spacial score (nSPS) is 46.4. The van der Waals surface area contributed by atoms with Gasteiger partial charge in [-0.2, -0.15) is 0 Å². The zero-order valence-corrected chi connectivity index (χ0v) is 5.00. The molecule has 0 aromatic rings. The molecule has 1 unspecified atom stereocenters. The fourth-order valence-corrected chi connectivity index (χ4v) is 1.76. The van der Waals surface area contributed by atoms with Crippen LogP contribution in [0, 0.1) is 11.8 Å². The van der Waals surface area contributed by atoms with Crippen molar-refractivity contribution in [3.05, 3.63) is 0 Å². The molecule has 0 aromatic carbocycles. The van der Waals surface area contributed by atoms with E-state index in [0.717, 1.165) is 13.0 Å². The molecular weight excluding hydrogens is 118 g/mol. The number of hydrogen-bond donors (Lipinski definition) is 2. The number of carboxylic acid groups (broad SMARTS) is 1. The summed E-state index contributed by atoms with van der Waals surface area (Å²) in [4.78, 5) is 10.3. The van der Waals surface area contributed by atoms with Crippen molar-refractivity contribution in [2.75, 3.05) is 6.54 Å². The van der Waals surface area contributed by atoms with Crippen molar-refractivity contribution < 1.29 is 9.90 Å². The van der Waals surface area contributed by atoms with Gasteiger partial charge in [0.1, 0.15) is 0 Å². The third-order valence-corrected chi connectivity index (χ3v) is 2.31. The molecular formula is C6H9NO2. The van der Waals surface area contributed by atoms with Crippen LogP contribution in [0.25, 0.3) is 0 Å². The van der Waals surface area contributed by atoms with E-state index < -0.39 is 5.97 Å². The van der Waals surface area contributed by atoms with Crippen molar-refractivity contribution in [2.45, 2.75) is 12.5 Å². The van der Waals surface area contributed by atoms with Crippen molar-refractivity contribution in [3.8, 4) is 0 Å². The van der Waals surface area contributed by atoms with E-state index in [2.05, 4.69) is 5.32 Å². The van der Waals surface area contributed by atoms with Crippen LogP contribution in [0.4, 0.5) is 0 Å². The molecule has 2 N–H and O–H groups in total. The standard InChI is InChI=1S/C6H9NO2/c8-6(9)4-3-1-2-7-5(3)4/h3-5,7H,1-2H2,(H,8,9)/t3-,4?,5-/m1/s1. The second kappa shape index (κ2) is 1.48. The van der Waals surface area contributed by atoms with Crippen LogP contribution >= 0.6 is 0 Å². The molecule has 1 aliphatic carbocycles. The van der Waals surface area contributed by atoms with Crippen LogP contribution in [-0.4, -0.2) is 23.7 Å². The van der Waals surface area contributed by atoms with Gasteiger partial charge in [-0.25, -0.2) is 0 Å². The largest absolute Gasteiger partial charge is 0.481 e. The second-order valence-corrected chi connectivity index (χ2v) is 2.80. The molecule has 1 heterocycles. The summed E-state index contributed by atoms with van der Waals surface area (Å²) in [5, 5.41) is 11.7. The maximum absolute atomic E-state index is 10.3. The van der Waals surface area contributed by atoms with Crippen LogP contribution in [0.5, 0.6) is 0 Å². The second-order valence-electron chi connectivity index (χ2n) is 2.80. The van der Waals surface area contributed by atoms with Crippen molar-refractivity contribution in [3.63, 3.8) is 0 Å². The zero-order valence-electron chi connectivity index (χ0n) is 5.00. The summed E-state index contributed by atoms with van der Waals surface area (Å²) in [6, 6.07) is 0.322. The van der Waals surface area contributed by atoms with Gasteiger partial charge in [-0.15, -0.1) is 0 Å². The number of carbonyl (C=O) groups is 1. The van der Waals surface area contributed by atoms with E-state index in [1.165, 1.54) is 0 Å². The molecule has 2 aliphatic rings. The Kier molecular flexibility index (Phi) is 0.858. The number of fused-ring (bicyclic) bond motifs is 1. The first-order valence-corrected chi connectivity index (χ1v) is 3.27. The first-order chi connectivity index (χ1) is 4.30. The average molecular weight is 127 g/mol. The van der Waals surface area contributed by atoms with E-state index in [1.807, 2.05) is 0 Å². The van der Waals surface area contributed by atoms with Gasteiger partial charge in [0.15, 0.2) is 0 Å². The number of piperidine rings is 1. The van der Waals surface area contributed by atoms with Gasteiger partial charge in [0.2, 0.25) is 0 Å². The molecule has 3 atom stereocenters. The molecule has 2 rings (SSSR count). The number of nitrogens with one attached hydrogen (secondary N) is 1. The van der Waals surface area contributed by atoms with Gasteiger partial charge < -0.3 is 10.4 Å². The Bertz CT molecular complexity index is 147. The molecule has 2 fully saturated rings. The van der Waals surface area contributed by atoms with Crippen LogP contribution < -0.4 is 5.32 Å². The zero-order chi connectivity index (χ0) is 6.43. The molecule has 0 amide bonds. The third kappa shape index (κ3) is 0.580. The summed E-state index contributed by atoms with van der Waals surface area (Å²) in [5.41, 5.74) is 0. The molecule has 50 valence electrons. The smallest absolute Gasteiger partial charge is 0.308 e. The van der Waals surface area contributed by atoms with Gasteiger partial charge in [0.05, 0.1) is 5.92 Å². The number of hydrogen-bond acceptors (Lipinski definition) is 2. The van der Waals surface area contributed by atoms with E-state index in [-0.39, 0.29) is 5.92 Å². The molecule has 1 saturated heterocycles. The molecule has 0 radical (unpaired) electrons. The highest BCUT2D eigenvalue weighted by Gasteiger charge is 2.57. The maximum Gasteiger partial charge on any atom is 0.308 e. The highest BCUT2D eigenvalue weighted by atomic mass is 16.4. The lowest BCUT2D eigenvalue weighted by atomic mass is 10.2. The third-order valence-electron chi connectivity index (χ3n) is 2.31. The Balaban J connectivity index is 2.02. The van der Waals surface area contributed by atoms with Crippen molar-refractivity contribution in [1.82, 2.24) is 5.32 Å². The van der Waals surface area contributed by atoms with Gasteiger partial charge >= 0.3 is 5.97 Å². The fourth-order valence-electron chi connectivity index (χ4n) is 1.76. The number of aliphatic carboxylic acids is 1. The van der Waals surface area contributed by atoms with Crippen LogP contribution in [0.3, 0.4) is 0 Å². The van der Waals surface area contributed by atoms with E-state index in [4.69, 9.17) is 5.11 Å². The predicted molar refractivity (Wildman–Crippen MR) is 31.0 cm³/mol. The lowest BCUT2D eigenvalue weighted by Crippen LogP contribution is -2.18. The molecule has 3 heteroatoms. The molecule has 0 aromatic heterocycles. The molecule has 9 heavy (non-hydrogen) atoms. The Morgan fingerprint density at radius 2 is 2.44 bits per heavy atom. The van der Waals surface area contributed by atoms with Gasteiger partial charge in [0.25, 0.3) is 0 Å². The number of rotatable bonds is 1. The summed E-state index contributed by atoms with van der Waals surface area (Å²) in [5.74, 6) is -0.224. The SMILES string of the molecule is O=C(O)C1[C@H]2CCN[C@@H]12. The molecule has 1 aliphatic heterocycles. The summed E-state index contributed by atoms with van der Waals surface area (Å²) in [7, 11) is 0. The molecule has 3 nitrogen and oxygen atoms in total. The summed E-state index contributed by atoms with van der Waals surface area (Å²) in [6.45, 7) is 1.01. The first kappa shape index (κ1) is 5.23. The molecule has 1 saturated carbocycles. The van der Waals surface area contributed by atoms with Crippen molar-refractivity contribution in [1.29, 1.82) is 0 Å². The van der Waals surface area contributed by atoms with Crippen LogP contribution in [-0.2, 0) is 4.79 Å². The van der Waals surface area contributed by atoms with Crippen molar-refractivity contribution in [2.24, 2.45) is 11.8 Å². The van der Waals surface area contributed by atoms with E-state index >= 15 is 0 Å². The minimum Gasteiger partial charge on any atom is -0.481 e. The van der Waals surface area contributed by atoms with Gasteiger partial charge in [-0.05, 0) is 18.9 Å². The quantitative estimate of drug-likeness (QED) is 0.507. The lowest BCUT2D eigenvalue weighted by molar-refractivity contribution is -0.139. The topological polar surface area (TPSA) is 49.3 Å². The van der Waals surface area contributed by atoms with E-state index in [9.17, 15) is 4.79 Å². The minimum atomic E-state index is -0.628. The molecule has 0 bridgehead atoms. The van der Waals surface area contributed by atoms with Crippen LogP contribution in [0.15, 0.2) is 0 Å². The van der Waals surface area contributed by atoms with Gasteiger partial charge in [-0.3, -0.25) is 4.79 Å². The Morgan fingerprint density at radius 1 is 1.67 bits per heavy atom. The van der Waals surface area contributed by atoms with Crippen LogP contribution in [0.1, 0.15) is 6.42 Å². The highest BCUT2D eigenvalue weighted by Crippen LogP contribution is 2.45. The summed E-state index contributed by atoms with van der Waals surface area (Å²) < 4.78 is 0. The Morgan fingerprint density at radius 3 is 2.78 bits per heavy atom. The average Bonchev–Trinajstić information content (AvgIpc) is 2.30. The predicted octanol–water partition coefficient (Wildman–Crippen LogP) is -0.321. The first-order valence-electron chi connectivity index (χ1n) is 3.27. The fraction of sp³-hybridized carbons (Fsp3) is 0.833. The minimum absolute atomic E-state index is 0.0567. The lowest BCUT2D eigenvalue weighted by Gasteiger charge is -1.95. The van der Waals surface area contributed by atoms with Gasteiger partial charge in [-0.1, -0.05) is 0 Å². The molecule has 0 spiro atoms. The highest BCUT2D eigenvalue weighted by molar-refractivity contribution is 5.75. The maximum atomic E-state index is 10.3. The van der Waals surface area contributed by atoms with Gasteiger partial charge in [0, 0.05) is 6.04 Å². The van der Waals surface area contributed by atoms with E-state index in [1.54, 1.807) is 0 Å². The van der Waals surface area contributed by atoms with E-state index in [0.29, 0.717) is 12.0 Å². The van der Waals surface area contributed by atoms with Crippen LogP contribution in [0.2, 0.25) is 0 Å². The Hall–Kier alpha value is -0.570. The Labute approximate surface area is 53.1 Å². The monoisotopic (exact) mass is 127 g/mol.